The highest BCUT2D eigenvalue weighted by atomic mass is 32.2. The van der Waals surface area contributed by atoms with Crippen molar-refractivity contribution in [1.29, 1.82) is 0 Å². The molecule has 0 heterocycles. The van der Waals surface area contributed by atoms with Gasteiger partial charge in [-0.2, -0.15) is 0 Å². The van der Waals surface area contributed by atoms with E-state index < -0.39 is 19.5 Å². The molecule has 0 fully saturated rings. The lowest BCUT2D eigenvalue weighted by atomic mass is 9.82. The van der Waals surface area contributed by atoms with Crippen LogP contribution >= 0.6 is 32.5 Å². The molecule has 34 heavy (non-hydrogen) atoms. The molecule has 0 radical (unpaired) electrons. The summed E-state index contributed by atoms with van der Waals surface area (Å²) in [5.74, 6) is 0.897. The van der Waals surface area contributed by atoms with Gasteiger partial charge in [-0.15, -0.1) is 0 Å². The SMILES string of the molecule is CC(C)C(CSC(=O)C(C)(C)C)(O[P@@](Nc1ccccc1)OCCOC(=S)C(C)(C)C)C(C)C. The van der Waals surface area contributed by atoms with Gasteiger partial charge in [0, 0.05) is 22.3 Å². The summed E-state index contributed by atoms with van der Waals surface area (Å²) in [7, 11) is -1.51. The zero-order valence-electron chi connectivity index (χ0n) is 22.6. The van der Waals surface area contributed by atoms with Crippen LogP contribution in [0.2, 0.25) is 0 Å². The first-order chi connectivity index (χ1) is 15.6. The Morgan fingerprint density at radius 1 is 0.971 bits per heavy atom. The maximum Gasteiger partial charge on any atom is 0.287 e. The maximum absolute atomic E-state index is 12.7. The minimum absolute atomic E-state index is 0.159. The fraction of sp³-hybridized carbons (Fsp3) is 0.692. The molecule has 8 heteroatoms. The summed E-state index contributed by atoms with van der Waals surface area (Å²) in [6.07, 6.45) is 0. The second-order valence-electron chi connectivity index (χ2n) is 11.1. The number of hydrogen-bond donors (Lipinski definition) is 1. The Morgan fingerprint density at radius 2 is 1.53 bits per heavy atom. The van der Waals surface area contributed by atoms with Crippen LogP contribution in [0.1, 0.15) is 69.2 Å². The second kappa shape index (κ2) is 13.5. The number of carbonyl (C=O) groups is 1. The Kier molecular flexibility index (Phi) is 12.5. The van der Waals surface area contributed by atoms with Crippen molar-refractivity contribution in [2.24, 2.45) is 22.7 Å². The number of nitrogens with one attached hydrogen (secondary N) is 1. The van der Waals surface area contributed by atoms with Crippen LogP contribution < -0.4 is 5.09 Å². The maximum atomic E-state index is 12.7. The van der Waals surface area contributed by atoms with Gasteiger partial charge in [-0.05, 0) is 36.2 Å². The van der Waals surface area contributed by atoms with Gasteiger partial charge in [0.05, 0.1) is 12.2 Å². The largest absolute Gasteiger partial charge is 0.484 e. The number of thioether (sulfide) groups is 1. The lowest BCUT2D eigenvalue weighted by Crippen LogP contribution is -2.46. The minimum Gasteiger partial charge on any atom is -0.484 e. The van der Waals surface area contributed by atoms with Gasteiger partial charge in [0.15, 0.2) is 10.2 Å². The van der Waals surface area contributed by atoms with Crippen LogP contribution in [-0.4, -0.2) is 34.7 Å². The van der Waals surface area contributed by atoms with E-state index in [4.69, 9.17) is 26.0 Å². The number of para-hydroxylation sites is 1. The third kappa shape index (κ3) is 10.1. The van der Waals surface area contributed by atoms with Gasteiger partial charge >= 0.3 is 0 Å². The van der Waals surface area contributed by atoms with E-state index in [1.165, 1.54) is 11.8 Å². The van der Waals surface area contributed by atoms with Gasteiger partial charge in [-0.3, -0.25) is 4.79 Å². The topological polar surface area (TPSA) is 56.8 Å². The summed E-state index contributed by atoms with van der Waals surface area (Å²) >= 11 is 6.72. The van der Waals surface area contributed by atoms with Crippen LogP contribution in [0.4, 0.5) is 5.69 Å². The normalized spacial score (nSPS) is 13.8. The Bertz CT molecular complexity index is 765. The Labute approximate surface area is 218 Å². The molecular weight excluding hydrogens is 485 g/mol. The Morgan fingerprint density at radius 3 is 2.00 bits per heavy atom. The molecule has 0 aliphatic rings. The van der Waals surface area contributed by atoms with Crippen LogP contribution in [-0.2, 0) is 18.6 Å². The standard InChI is InChI=1S/C26H44NO4PS2/c1-19(2)26(20(3)4,18-34-22(28)24(5,6)7)31-32(27-21-14-12-11-13-15-21)30-17-16-29-23(33)25(8,9)10/h11-15,19-20,27H,16-18H2,1-10H3/t32-/m0/s1. The van der Waals surface area contributed by atoms with Crippen LogP contribution in [0, 0.1) is 22.7 Å². The third-order valence-corrected chi connectivity index (χ3v) is 8.94. The predicted molar refractivity (Wildman–Crippen MR) is 151 cm³/mol. The lowest BCUT2D eigenvalue weighted by Gasteiger charge is -2.42. The summed E-state index contributed by atoms with van der Waals surface area (Å²) in [5.41, 5.74) is -0.239. The number of benzene rings is 1. The van der Waals surface area contributed by atoms with E-state index >= 15 is 0 Å². The molecule has 1 aromatic rings. The molecule has 1 N–H and O–H groups in total. The highest BCUT2D eigenvalue weighted by molar-refractivity contribution is 8.13. The number of thiocarbonyl (C=S) groups is 1. The third-order valence-electron chi connectivity index (χ3n) is 5.38. The molecule has 0 amide bonds. The van der Waals surface area contributed by atoms with Crippen LogP contribution in [0.15, 0.2) is 30.3 Å². The van der Waals surface area contributed by atoms with Crippen molar-refractivity contribution >= 4 is 48.4 Å². The van der Waals surface area contributed by atoms with Gasteiger partial charge in [-0.25, -0.2) is 0 Å². The van der Waals surface area contributed by atoms with Gasteiger partial charge < -0.3 is 18.9 Å². The van der Waals surface area contributed by atoms with Crippen molar-refractivity contribution in [2.75, 3.05) is 24.1 Å². The highest BCUT2D eigenvalue weighted by Crippen LogP contribution is 2.49. The van der Waals surface area contributed by atoms with E-state index in [0.29, 0.717) is 24.0 Å². The van der Waals surface area contributed by atoms with Crippen LogP contribution in [0.25, 0.3) is 0 Å². The van der Waals surface area contributed by atoms with E-state index in [0.717, 1.165) is 5.69 Å². The number of carbonyl (C=O) groups excluding carboxylic acids is 1. The quantitative estimate of drug-likeness (QED) is 0.167. The first-order valence-electron chi connectivity index (χ1n) is 11.9. The average Bonchev–Trinajstić information content (AvgIpc) is 2.72. The molecule has 0 aromatic heterocycles. The van der Waals surface area contributed by atoms with E-state index in [2.05, 4.69) is 32.8 Å². The fourth-order valence-corrected chi connectivity index (χ4v) is 6.20. The molecule has 0 saturated heterocycles. The molecule has 0 aliphatic heterocycles. The van der Waals surface area contributed by atoms with Crippen molar-refractivity contribution < 1.29 is 18.6 Å². The fourth-order valence-electron chi connectivity index (χ4n) is 2.96. The van der Waals surface area contributed by atoms with E-state index in [1.54, 1.807) is 0 Å². The zero-order chi connectivity index (χ0) is 26.2. The molecule has 1 rings (SSSR count). The Hall–Kier alpha value is -0.720. The molecule has 0 bridgehead atoms. The molecule has 5 nitrogen and oxygen atoms in total. The first-order valence-corrected chi connectivity index (χ1v) is 14.4. The summed E-state index contributed by atoms with van der Waals surface area (Å²) in [5, 5.41) is 4.14. The average molecular weight is 530 g/mol. The number of anilines is 1. The molecule has 0 unspecified atom stereocenters. The monoisotopic (exact) mass is 529 g/mol. The molecule has 0 spiro atoms. The molecule has 0 saturated carbocycles. The molecule has 194 valence electrons. The number of rotatable bonds is 12. The summed E-state index contributed by atoms with van der Waals surface area (Å²) in [6, 6.07) is 9.88. The summed E-state index contributed by atoms with van der Waals surface area (Å²) < 4.78 is 18.7. The van der Waals surface area contributed by atoms with Gasteiger partial charge in [0.2, 0.25) is 0 Å². The summed E-state index contributed by atoms with van der Waals surface area (Å²) in [4.78, 5) is 12.7. The zero-order valence-corrected chi connectivity index (χ0v) is 25.1. The summed E-state index contributed by atoms with van der Waals surface area (Å²) in [6.45, 7) is 21.2. The van der Waals surface area contributed by atoms with Crippen molar-refractivity contribution in [1.82, 2.24) is 0 Å². The molecule has 1 aromatic carbocycles. The molecule has 1 atom stereocenters. The van der Waals surface area contributed by atoms with Crippen molar-refractivity contribution in [3.63, 3.8) is 0 Å². The minimum atomic E-state index is -1.51. The highest BCUT2D eigenvalue weighted by Gasteiger charge is 2.43. The second-order valence-corrected chi connectivity index (χ2v) is 13.6. The van der Waals surface area contributed by atoms with E-state index in [-0.39, 0.29) is 22.4 Å². The van der Waals surface area contributed by atoms with E-state index in [1.807, 2.05) is 71.9 Å². The smallest absolute Gasteiger partial charge is 0.287 e. The van der Waals surface area contributed by atoms with Crippen molar-refractivity contribution in [3.8, 4) is 0 Å². The predicted octanol–water partition coefficient (Wildman–Crippen LogP) is 8.11. The lowest BCUT2D eigenvalue weighted by molar-refractivity contribution is -0.117. The van der Waals surface area contributed by atoms with Crippen molar-refractivity contribution in [3.05, 3.63) is 30.3 Å². The van der Waals surface area contributed by atoms with Gasteiger partial charge in [0.1, 0.15) is 6.61 Å². The number of hydrogen-bond acceptors (Lipinski definition) is 7. The van der Waals surface area contributed by atoms with Crippen molar-refractivity contribution in [2.45, 2.75) is 74.8 Å². The van der Waals surface area contributed by atoms with E-state index in [9.17, 15) is 4.79 Å². The van der Waals surface area contributed by atoms with Gasteiger partial charge in [-0.1, -0.05) is 99.2 Å². The van der Waals surface area contributed by atoms with Crippen LogP contribution in [0.3, 0.4) is 0 Å². The molecule has 0 aliphatic carbocycles. The number of ether oxygens (including phenoxy) is 1. The first kappa shape index (κ1) is 31.3. The Balaban J connectivity index is 3.05. The van der Waals surface area contributed by atoms with Crippen LogP contribution in [0.5, 0.6) is 0 Å². The van der Waals surface area contributed by atoms with Gasteiger partial charge in [0.25, 0.3) is 8.53 Å². The molecular formula is C26H44NO4PS2.